The highest BCUT2D eigenvalue weighted by Gasteiger charge is 2.23. The Balaban J connectivity index is 1.90. The molecule has 0 aliphatic carbocycles. The van der Waals surface area contributed by atoms with Gasteiger partial charge in [-0.2, -0.15) is 0 Å². The summed E-state index contributed by atoms with van der Waals surface area (Å²) >= 11 is 0. The predicted molar refractivity (Wildman–Crippen MR) is 70.4 cm³/mol. The summed E-state index contributed by atoms with van der Waals surface area (Å²) in [5.74, 6) is 0.812. The first-order valence-corrected chi connectivity index (χ1v) is 6.21. The number of amides is 1. The number of nitrogens with one attached hydrogen (secondary N) is 2. The number of rotatable bonds is 2. The Bertz CT molecular complexity index is 590. The lowest BCUT2D eigenvalue weighted by Gasteiger charge is -2.23. The molecule has 1 fully saturated rings. The van der Waals surface area contributed by atoms with Crippen molar-refractivity contribution in [1.29, 1.82) is 0 Å². The van der Waals surface area contributed by atoms with Crippen molar-refractivity contribution < 1.29 is 4.79 Å². The SMILES string of the molecule is Cn1c(NC2CCCNC2=O)nc2ccccc21. The molecule has 94 valence electrons. The van der Waals surface area contributed by atoms with Gasteiger partial charge in [0, 0.05) is 13.6 Å². The van der Waals surface area contributed by atoms with Crippen molar-refractivity contribution in [2.75, 3.05) is 11.9 Å². The van der Waals surface area contributed by atoms with Crippen LogP contribution in [0.15, 0.2) is 24.3 Å². The number of benzene rings is 1. The molecule has 1 amide bonds. The molecule has 5 nitrogen and oxygen atoms in total. The first-order chi connectivity index (χ1) is 8.75. The second-order valence-electron chi connectivity index (χ2n) is 4.61. The lowest BCUT2D eigenvalue weighted by Crippen LogP contribution is -2.44. The summed E-state index contributed by atoms with van der Waals surface area (Å²) in [6.07, 6.45) is 1.86. The quantitative estimate of drug-likeness (QED) is 0.836. The highest BCUT2D eigenvalue weighted by molar-refractivity contribution is 5.86. The highest BCUT2D eigenvalue weighted by atomic mass is 16.2. The smallest absolute Gasteiger partial charge is 0.242 e. The summed E-state index contributed by atoms with van der Waals surface area (Å²) in [5, 5.41) is 6.10. The van der Waals surface area contributed by atoms with Crippen molar-refractivity contribution in [2.45, 2.75) is 18.9 Å². The summed E-state index contributed by atoms with van der Waals surface area (Å²) in [6, 6.07) is 7.78. The van der Waals surface area contributed by atoms with E-state index < -0.39 is 0 Å². The second kappa shape index (κ2) is 4.33. The summed E-state index contributed by atoms with van der Waals surface area (Å²) in [5.41, 5.74) is 2.01. The number of carbonyl (C=O) groups excluding carboxylic acids is 1. The molecule has 0 spiro atoms. The standard InChI is InChI=1S/C13H16N4O/c1-17-11-7-3-2-5-9(11)15-13(17)16-10-6-4-8-14-12(10)18/h2-3,5,7,10H,4,6,8H2,1H3,(H,14,18)(H,15,16). The van der Waals surface area contributed by atoms with Crippen LogP contribution < -0.4 is 10.6 Å². The first kappa shape index (κ1) is 11.1. The number of para-hydroxylation sites is 2. The number of hydrogen-bond acceptors (Lipinski definition) is 3. The Hall–Kier alpha value is -2.04. The van der Waals surface area contributed by atoms with Crippen LogP contribution in [0.1, 0.15) is 12.8 Å². The predicted octanol–water partition coefficient (Wildman–Crippen LogP) is 1.26. The molecule has 2 heterocycles. The molecule has 2 aromatic rings. The van der Waals surface area contributed by atoms with E-state index in [1.54, 1.807) is 0 Å². The van der Waals surface area contributed by atoms with Crippen LogP contribution in [-0.2, 0) is 11.8 Å². The van der Waals surface area contributed by atoms with Gasteiger partial charge >= 0.3 is 0 Å². The van der Waals surface area contributed by atoms with Gasteiger partial charge in [0.15, 0.2) is 0 Å². The van der Waals surface area contributed by atoms with Gasteiger partial charge in [0.25, 0.3) is 0 Å². The lowest BCUT2D eigenvalue weighted by atomic mass is 10.1. The van der Waals surface area contributed by atoms with Crippen LogP contribution in [0.25, 0.3) is 11.0 Å². The van der Waals surface area contributed by atoms with Crippen molar-refractivity contribution in [3.63, 3.8) is 0 Å². The second-order valence-corrected chi connectivity index (χ2v) is 4.61. The minimum absolute atomic E-state index is 0.0632. The van der Waals surface area contributed by atoms with E-state index in [4.69, 9.17) is 0 Å². The Kier molecular flexibility index (Phi) is 2.66. The van der Waals surface area contributed by atoms with Gasteiger partial charge in [0.05, 0.1) is 11.0 Å². The number of imidazole rings is 1. The van der Waals surface area contributed by atoms with Gasteiger partial charge in [-0.15, -0.1) is 0 Å². The zero-order chi connectivity index (χ0) is 12.5. The molecule has 1 aromatic carbocycles. The third-order valence-electron chi connectivity index (χ3n) is 3.38. The number of fused-ring (bicyclic) bond motifs is 1. The third kappa shape index (κ3) is 1.81. The number of carbonyl (C=O) groups is 1. The molecule has 2 N–H and O–H groups in total. The van der Waals surface area contributed by atoms with Gasteiger partial charge in [-0.05, 0) is 25.0 Å². The molecule has 1 aliphatic rings. The van der Waals surface area contributed by atoms with E-state index in [0.29, 0.717) is 0 Å². The molecular formula is C13H16N4O. The fraction of sp³-hybridized carbons (Fsp3) is 0.385. The number of aromatic nitrogens is 2. The normalized spacial score (nSPS) is 19.8. The van der Waals surface area contributed by atoms with E-state index in [-0.39, 0.29) is 11.9 Å². The largest absolute Gasteiger partial charge is 0.354 e. The molecule has 1 aliphatic heterocycles. The van der Waals surface area contributed by atoms with Crippen LogP contribution in [0, 0.1) is 0 Å². The van der Waals surface area contributed by atoms with Gasteiger partial charge in [-0.25, -0.2) is 4.98 Å². The summed E-state index contributed by atoms with van der Waals surface area (Å²) in [4.78, 5) is 16.2. The summed E-state index contributed by atoms with van der Waals surface area (Å²) in [7, 11) is 1.96. The van der Waals surface area contributed by atoms with Crippen molar-refractivity contribution in [2.24, 2.45) is 7.05 Å². The van der Waals surface area contributed by atoms with Crippen molar-refractivity contribution in [3.8, 4) is 0 Å². The first-order valence-electron chi connectivity index (χ1n) is 6.21. The maximum absolute atomic E-state index is 11.7. The van der Waals surface area contributed by atoms with Crippen LogP contribution in [0.4, 0.5) is 5.95 Å². The minimum Gasteiger partial charge on any atom is -0.354 e. The number of piperidine rings is 1. The van der Waals surface area contributed by atoms with Gasteiger partial charge in [0.2, 0.25) is 11.9 Å². The van der Waals surface area contributed by atoms with Gasteiger partial charge in [-0.1, -0.05) is 12.1 Å². The van der Waals surface area contributed by atoms with E-state index in [0.717, 1.165) is 36.4 Å². The monoisotopic (exact) mass is 244 g/mol. The molecule has 18 heavy (non-hydrogen) atoms. The van der Waals surface area contributed by atoms with Crippen molar-refractivity contribution in [3.05, 3.63) is 24.3 Å². The summed E-state index contributed by atoms with van der Waals surface area (Å²) < 4.78 is 1.98. The van der Waals surface area contributed by atoms with Crippen LogP contribution in [-0.4, -0.2) is 28.0 Å². The maximum Gasteiger partial charge on any atom is 0.242 e. The van der Waals surface area contributed by atoms with E-state index >= 15 is 0 Å². The van der Waals surface area contributed by atoms with Crippen LogP contribution in [0.3, 0.4) is 0 Å². The van der Waals surface area contributed by atoms with Crippen molar-refractivity contribution in [1.82, 2.24) is 14.9 Å². The maximum atomic E-state index is 11.7. The van der Waals surface area contributed by atoms with E-state index in [1.807, 2.05) is 35.9 Å². The number of nitrogens with zero attached hydrogens (tertiary/aromatic N) is 2. The highest BCUT2D eigenvalue weighted by Crippen LogP contribution is 2.19. The van der Waals surface area contributed by atoms with Crippen LogP contribution >= 0.6 is 0 Å². The number of aryl methyl sites for hydroxylation is 1. The third-order valence-corrected chi connectivity index (χ3v) is 3.38. The number of anilines is 1. The Labute approximate surface area is 105 Å². The fourth-order valence-electron chi connectivity index (χ4n) is 2.34. The Morgan fingerprint density at radius 1 is 1.44 bits per heavy atom. The van der Waals surface area contributed by atoms with Crippen LogP contribution in [0.2, 0.25) is 0 Å². The van der Waals surface area contributed by atoms with Gasteiger partial charge in [0.1, 0.15) is 6.04 Å². The molecule has 1 saturated heterocycles. The molecule has 3 rings (SSSR count). The van der Waals surface area contributed by atoms with Crippen LogP contribution in [0.5, 0.6) is 0 Å². The molecule has 1 aromatic heterocycles. The number of hydrogen-bond donors (Lipinski definition) is 2. The summed E-state index contributed by atoms with van der Waals surface area (Å²) in [6.45, 7) is 0.777. The Morgan fingerprint density at radius 3 is 3.06 bits per heavy atom. The van der Waals surface area contributed by atoms with E-state index in [1.165, 1.54) is 0 Å². The zero-order valence-electron chi connectivity index (χ0n) is 10.3. The lowest BCUT2D eigenvalue weighted by molar-refractivity contribution is -0.123. The van der Waals surface area contributed by atoms with Gasteiger partial charge < -0.3 is 15.2 Å². The molecular weight excluding hydrogens is 228 g/mol. The fourth-order valence-corrected chi connectivity index (χ4v) is 2.34. The molecule has 1 atom stereocenters. The van der Waals surface area contributed by atoms with E-state index in [2.05, 4.69) is 15.6 Å². The van der Waals surface area contributed by atoms with Gasteiger partial charge in [-0.3, -0.25) is 4.79 Å². The van der Waals surface area contributed by atoms with E-state index in [9.17, 15) is 4.79 Å². The zero-order valence-corrected chi connectivity index (χ0v) is 10.3. The molecule has 1 unspecified atom stereocenters. The average Bonchev–Trinajstić information content (AvgIpc) is 2.70. The molecule has 0 saturated carbocycles. The topological polar surface area (TPSA) is 59.0 Å². The minimum atomic E-state index is -0.172. The molecule has 0 radical (unpaired) electrons. The molecule has 5 heteroatoms. The Morgan fingerprint density at radius 2 is 2.28 bits per heavy atom. The molecule has 0 bridgehead atoms. The average molecular weight is 244 g/mol. The van der Waals surface area contributed by atoms with Crippen molar-refractivity contribution >= 4 is 22.9 Å².